The van der Waals surface area contributed by atoms with Crippen molar-refractivity contribution in [2.24, 2.45) is 0 Å². The average molecular weight is 684 g/mol. The first-order valence-corrected chi connectivity index (χ1v) is 17.8. The van der Waals surface area contributed by atoms with Crippen molar-refractivity contribution in [3.63, 3.8) is 0 Å². The summed E-state index contributed by atoms with van der Waals surface area (Å²) < 4.78 is 18.1. The van der Waals surface area contributed by atoms with Gasteiger partial charge in [-0.15, -0.1) is 0 Å². The predicted octanol–water partition coefficient (Wildman–Crippen LogP) is 11.0. The molecule has 6 aromatic rings. The summed E-state index contributed by atoms with van der Waals surface area (Å²) in [5.74, 6) is 2.08. The average Bonchev–Trinajstić information content (AvgIpc) is 3.82. The smallest absolute Gasteiger partial charge is 0.181 e. The molecule has 3 heterocycles. The third-order valence-electron chi connectivity index (χ3n) is 6.62. The van der Waals surface area contributed by atoms with Gasteiger partial charge in [-0.2, -0.15) is 0 Å². The van der Waals surface area contributed by atoms with Crippen LogP contribution in [0.15, 0.2) is 124 Å². The summed E-state index contributed by atoms with van der Waals surface area (Å²) in [5, 5.41) is 1.97. The Bertz CT molecular complexity index is 1770. The summed E-state index contributed by atoms with van der Waals surface area (Å²) in [6, 6.07) is 34.7. The van der Waals surface area contributed by atoms with E-state index < -0.39 is 10.9 Å². The van der Waals surface area contributed by atoms with Gasteiger partial charge in [0.05, 0.1) is 25.5 Å². The number of carbonyl (C=O) groups is 3. The Kier molecular flexibility index (Phi) is 9.51. The van der Waals surface area contributed by atoms with E-state index in [2.05, 4.69) is 36.4 Å². The highest BCUT2D eigenvalue weighted by Gasteiger charge is 2.29. The Morgan fingerprint density at radius 1 is 0.413 bits per heavy atom. The molecule has 0 aliphatic rings. The third-order valence-corrected chi connectivity index (χ3v) is 12.0. The number of benzene rings is 3. The fourth-order valence-electron chi connectivity index (χ4n) is 4.38. The summed E-state index contributed by atoms with van der Waals surface area (Å²) in [6.07, 6.45) is 0. The highest BCUT2D eigenvalue weighted by atomic mass is 32.2. The van der Waals surface area contributed by atoms with E-state index in [1.807, 2.05) is 36.4 Å². The summed E-state index contributed by atoms with van der Waals surface area (Å²) in [4.78, 5) is 40.3. The Labute approximate surface area is 281 Å². The lowest BCUT2D eigenvalue weighted by Crippen LogP contribution is -2.05. The monoisotopic (exact) mass is 683 g/mol. The molecular formula is C36H27O6S4+. The van der Waals surface area contributed by atoms with E-state index in [0.717, 1.165) is 14.7 Å². The molecule has 0 fully saturated rings. The Morgan fingerprint density at radius 3 is 0.891 bits per heavy atom. The molecule has 0 aliphatic heterocycles. The number of ketones is 3. The van der Waals surface area contributed by atoms with Crippen molar-refractivity contribution in [2.45, 2.75) is 35.5 Å². The van der Waals surface area contributed by atoms with Gasteiger partial charge in [0.15, 0.2) is 47.2 Å². The number of hydrogen-bond donors (Lipinski definition) is 0. The fraction of sp³-hybridized carbons (Fsp3) is 0.0833. The maximum atomic E-state index is 11.7. The second-order valence-corrected chi connectivity index (χ2v) is 15.2. The van der Waals surface area contributed by atoms with Crippen LogP contribution < -0.4 is 14.2 Å². The van der Waals surface area contributed by atoms with E-state index in [9.17, 15) is 14.4 Å². The van der Waals surface area contributed by atoms with Crippen LogP contribution in [0, 0.1) is 0 Å². The minimum Gasteiger partial charge on any atom is -0.447 e. The molecule has 0 amide bonds. The van der Waals surface area contributed by atoms with E-state index in [0.29, 0.717) is 47.1 Å². The standard InChI is InChI=1S/C36H27O6S4/c1-22(37)31-16-19-34(43-31)40-25-4-10-28(11-5-25)46(29-12-6-26(7-13-29)41-35-20-17-32(44-35)23(2)38)30-14-8-27(9-15-30)42-36-21-18-33(45-36)24(3)39/h4-21H,1-3H3/q+1. The molecule has 46 heavy (non-hydrogen) atoms. The molecule has 3 aromatic carbocycles. The molecule has 0 N–H and O–H groups in total. The van der Waals surface area contributed by atoms with Gasteiger partial charge in [-0.1, -0.05) is 34.0 Å². The number of carbonyl (C=O) groups excluding carboxylic acids is 3. The molecule has 0 atom stereocenters. The van der Waals surface area contributed by atoms with Crippen LogP contribution >= 0.6 is 34.0 Å². The molecule has 10 heteroatoms. The first-order chi connectivity index (χ1) is 22.2. The normalized spacial score (nSPS) is 11.0. The van der Waals surface area contributed by atoms with E-state index in [-0.39, 0.29) is 17.3 Å². The van der Waals surface area contributed by atoms with Crippen molar-refractivity contribution in [3.8, 4) is 32.4 Å². The lowest BCUT2D eigenvalue weighted by atomic mass is 10.3. The van der Waals surface area contributed by atoms with Gasteiger partial charge in [-0.25, -0.2) is 0 Å². The molecule has 0 saturated heterocycles. The molecule has 0 spiro atoms. The van der Waals surface area contributed by atoms with Crippen molar-refractivity contribution >= 4 is 62.3 Å². The van der Waals surface area contributed by atoms with Crippen molar-refractivity contribution < 1.29 is 28.6 Å². The van der Waals surface area contributed by atoms with Crippen LogP contribution in [-0.2, 0) is 10.9 Å². The van der Waals surface area contributed by atoms with Crippen molar-refractivity contribution in [1.29, 1.82) is 0 Å². The Hall–Kier alpha value is -4.48. The zero-order valence-electron chi connectivity index (χ0n) is 25.0. The molecule has 230 valence electrons. The minimum absolute atomic E-state index is 0.0134. The summed E-state index contributed by atoms with van der Waals surface area (Å²) in [6.45, 7) is 4.63. The SMILES string of the molecule is CC(=O)c1ccc(Oc2ccc([S+](c3ccc(Oc4ccc(C(C)=O)s4)cc3)c3ccc(Oc4ccc(C(C)=O)s4)cc3)cc2)s1. The van der Waals surface area contributed by atoms with E-state index in [1.54, 1.807) is 57.2 Å². The molecule has 0 aliphatic carbocycles. The first kappa shape index (κ1) is 31.5. The maximum Gasteiger partial charge on any atom is 0.181 e. The lowest BCUT2D eigenvalue weighted by Gasteiger charge is -2.11. The number of thiophene rings is 3. The van der Waals surface area contributed by atoms with Crippen LogP contribution in [0.25, 0.3) is 0 Å². The van der Waals surface area contributed by atoms with Crippen LogP contribution in [0.1, 0.15) is 49.8 Å². The van der Waals surface area contributed by atoms with Crippen molar-refractivity contribution in [3.05, 3.63) is 124 Å². The lowest BCUT2D eigenvalue weighted by molar-refractivity contribution is 0.101. The summed E-state index contributed by atoms with van der Waals surface area (Å²) >= 11 is 3.97. The Morgan fingerprint density at radius 2 is 0.674 bits per heavy atom. The zero-order valence-corrected chi connectivity index (χ0v) is 28.2. The number of hydrogen-bond acceptors (Lipinski definition) is 9. The first-order valence-electron chi connectivity index (χ1n) is 14.1. The second kappa shape index (κ2) is 13.9. The molecular weight excluding hydrogens is 657 g/mol. The molecule has 6 rings (SSSR count). The third kappa shape index (κ3) is 7.48. The fourth-order valence-corrected chi connectivity index (χ4v) is 8.73. The number of rotatable bonds is 12. The van der Waals surface area contributed by atoms with E-state index >= 15 is 0 Å². The van der Waals surface area contributed by atoms with Gasteiger partial charge in [0.1, 0.15) is 17.2 Å². The molecule has 0 unspecified atom stereocenters. The van der Waals surface area contributed by atoms with Gasteiger partial charge < -0.3 is 14.2 Å². The molecule has 6 nitrogen and oxygen atoms in total. The van der Waals surface area contributed by atoms with Gasteiger partial charge >= 0.3 is 0 Å². The molecule has 3 aromatic heterocycles. The summed E-state index contributed by atoms with van der Waals surface area (Å²) in [5.41, 5.74) is 0. The molecule has 0 saturated carbocycles. The van der Waals surface area contributed by atoms with Gasteiger partial charge in [0, 0.05) is 0 Å². The zero-order chi connectivity index (χ0) is 32.2. The van der Waals surface area contributed by atoms with E-state index in [1.165, 1.54) is 34.0 Å². The molecule has 0 bridgehead atoms. The minimum atomic E-state index is -0.478. The van der Waals surface area contributed by atoms with Crippen molar-refractivity contribution in [1.82, 2.24) is 0 Å². The topological polar surface area (TPSA) is 78.9 Å². The van der Waals surface area contributed by atoms with Gasteiger partial charge in [0.25, 0.3) is 0 Å². The van der Waals surface area contributed by atoms with Gasteiger partial charge in [-0.05, 0) is 130 Å². The van der Waals surface area contributed by atoms with Crippen molar-refractivity contribution in [2.75, 3.05) is 0 Å². The predicted molar refractivity (Wildman–Crippen MR) is 185 cm³/mol. The Balaban J connectivity index is 1.26. The van der Waals surface area contributed by atoms with Gasteiger partial charge in [-0.3, -0.25) is 14.4 Å². The molecule has 0 radical (unpaired) electrons. The van der Waals surface area contributed by atoms with Gasteiger partial charge in [0.2, 0.25) is 0 Å². The highest BCUT2D eigenvalue weighted by molar-refractivity contribution is 7.97. The highest BCUT2D eigenvalue weighted by Crippen LogP contribution is 2.38. The largest absolute Gasteiger partial charge is 0.447 e. The van der Waals surface area contributed by atoms with Crippen LogP contribution in [0.5, 0.6) is 32.4 Å². The van der Waals surface area contributed by atoms with Crippen LogP contribution in [0.4, 0.5) is 0 Å². The second-order valence-electron chi connectivity index (χ2n) is 10.1. The maximum absolute atomic E-state index is 11.7. The van der Waals surface area contributed by atoms with E-state index in [4.69, 9.17) is 14.2 Å². The van der Waals surface area contributed by atoms with Crippen LogP contribution in [0.3, 0.4) is 0 Å². The number of ether oxygens (including phenoxy) is 3. The number of Topliss-reactive ketones (excluding diaryl/α,β-unsaturated/α-hetero) is 3. The quantitative estimate of drug-likeness (QED) is 0.0943. The summed E-state index contributed by atoms with van der Waals surface area (Å²) in [7, 11) is -0.478. The van der Waals surface area contributed by atoms with Crippen LogP contribution in [0.2, 0.25) is 0 Å². The van der Waals surface area contributed by atoms with Crippen LogP contribution in [-0.4, -0.2) is 17.3 Å².